The number of aliphatic hydroxyl groups is 3. The molecule has 3 aliphatic carbocycles. The van der Waals surface area contributed by atoms with E-state index < -0.39 is 17.8 Å². The van der Waals surface area contributed by atoms with Crippen LogP contribution in [0.3, 0.4) is 0 Å². The fraction of sp³-hybridized carbons (Fsp3) is 0.786. The summed E-state index contributed by atoms with van der Waals surface area (Å²) in [5.41, 5.74) is 3.15. The van der Waals surface area contributed by atoms with Gasteiger partial charge in [0.25, 0.3) is 0 Å². The fourth-order valence-electron chi connectivity index (χ4n) is 6.91. The Morgan fingerprint density at radius 3 is 2.61 bits per heavy atom. The summed E-state index contributed by atoms with van der Waals surface area (Å²) in [4.78, 5) is 0. The van der Waals surface area contributed by atoms with Gasteiger partial charge in [0.1, 0.15) is 0 Å². The highest BCUT2D eigenvalue weighted by Crippen LogP contribution is 2.60. The van der Waals surface area contributed by atoms with Crippen LogP contribution in [0, 0.1) is 29.1 Å². The van der Waals surface area contributed by atoms with Crippen LogP contribution in [0.5, 0.6) is 0 Å². The van der Waals surface area contributed by atoms with E-state index in [2.05, 4.69) is 32.6 Å². The minimum absolute atomic E-state index is 0.149. The summed E-state index contributed by atoms with van der Waals surface area (Å²) < 4.78 is 0. The van der Waals surface area contributed by atoms with Gasteiger partial charge in [-0.25, -0.2) is 0 Å². The molecule has 3 fully saturated rings. The van der Waals surface area contributed by atoms with Gasteiger partial charge in [0.2, 0.25) is 0 Å². The third-order valence-electron chi connectivity index (χ3n) is 8.97. The average Bonchev–Trinajstić information content (AvgIpc) is 3.04. The molecule has 31 heavy (non-hydrogen) atoms. The molecule has 7 atom stereocenters. The van der Waals surface area contributed by atoms with E-state index >= 15 is 0 Å². The third kappa shape index (κ3) is 5.37. The van der Waals surface area contributed by atoms with Gasteiger partial charge in [-0.1, -0.05) is 57.9 Å². The Morgan fingerprint density at radius 1 is 1.23 bits per heavy atom. The summed E-state index contributed by atoms with van der Waals surface area (Å²) >= 11 is 0. The minimum atomic E-state index is -0.648. The van der Waals surface area contributed by atoms with Gasteiger partial charge in [-0.3, -0.25) is 0 Å². The molecule has 0 heterocycles. The average molecular weight is 431 g/mol. The molecule has 3 aliphatic rings. The number of rotatable bonds is 6. The van der Waals surface area contributed by atoms with Crippen LogP contribution < -0.4 is 0 Å². The van der Waals surface area contributed by atoms with Crippen molar-refractivity contribution in [2.75, 3.05) is 0 Å². The Hall–Kier alpha value is -0.900. The zero-order valence-electron chi connectivity index (χ0n) is 20.5. The normalized spacial score (nSPS) is 40.4. The largest absolute Gasteiger partial charge is 0.392 e. The van der Waals surface area contributed by atoms with E-state index in [4.69, 9.17) is 0 Å². The van der Waals surface area contributed by atoms with E-state index in [1.54, 1.807) is 5.57 Å². The highest BCUT2D eigenvalue weighted by Gasteiger charge is 2.50. The van der Waals surface area contributed by atoms with E-state index in [-0.39, 0.29) is 5.92 Å². The lowest BCUT2D eigenvalue weighted by molar-refractivity contribution is 0.0283. The van der Waals surface area contributed by atoms with Gasteiger partial charge in [0.05, 0.1) is 17.8 Å². The summed E-state index contributed by atoms with van der Waals surface area (Å²) in [6.45, 7) is 14.8. The van der Waals surface area contributed by atoms with Gasteiger partial charge in [-0.15, -0.1) is 0 Å². The predicted molar refractivity (Wildman–Crippen MR) is 129 cm³/mol. The number of hydrogen-bond acceptors (Lipinski definition) is 3. The molecule has 0 bridgehead atoms. The molecule has 1 unspecified atom stereocenters. The molecular weight excluding hydrogens is 384 g/mol. The lowest BCUT2D eigenvalue weighted by Gasteiger charge is -2.44. The summed E-state index contributed by atoms with van der Waals surface area (Å²) in [6.07, 6.45) is 13.4. The summed E-state index contributed by atoms with van der Waals surface area (Å²) in [6, 6.07) is 0. The first-order valence-corrected chi connectivity index (χ1v) is 12.6. The molecule has 0 saturated heterocycles. The Morgan fingerprint density at radius 2 is 1.94 bits per heavy atom. The fourth-order valence-corrected chi connectivity index (χ4v) is 6.91. The molecule has 3 heteroatoms. The Labute approximate surface area is 190 Å². The maximum atomic E-state index is 10.4. The highest BCUT2D eigenvalue weighted by atomic mass is 16.3. The van der Waals surface area contributed by atoms with Crippen molar-refractivity contribution >= 4 is 0 Å². The number of hydrogen-bond donors (Lipinski definition) is 3. The van der Waals surface area contributed by atoms with Crippen LogP contribution in [0.25, 0.3) is 0 Å². The zero-order chi connectivity index (χ0) is 23.0. The number of allylic oxidation sites excluding steroid dienone is 3. The van der Waals surface area contributed by atoms with Crippen LogP contribution in [-0.2, 0) is 0 Å². The van der Waals surface area contributed by atoms with Gasteiger partial charge in [-0.05, 0) is 93.1 Å². The van der Waals surface area contributed by atoms with E-state index in [1.165, 1.54) is 32.1 Å². The van der Waals surface area contributed by atoms with Crippen LogP contribution in [0.15, 0.2) is 35.5 Å². The standard InChI is InChI=1S/C28H46O3/c1-18(9-7-15-27(4,5)31)23-13-14-24-21(10-8-16-28(23,24)6)11-12-22-17-25(29)20(3)26(30)19(22)2/h11-12,18,20,23-26,29-31H,2,7-10,13-17H2,1,3-6H3/b21-11?,22-12-/t18-,20+,23+,24?,25-,26+,28+/m0/s1. The van der Waals surface area contributed by atoms with Gasteiger partial charge >= 0.3 is 0 Å². The van der Waals surface area contributed by atoms with Gasteiger partial charge in [-0.2, -0.15) is 0 Å². The van der Waals surface area contributed by atoms with Gasteiger partial charge < -0.3 is 15.3 Å². The quantitative estimate of drug-likeness (QED) is 0.488. The maximum absolute atomic E-state index is 10.4. The summed E-state index contributed by atoms with van der Waals surface area (Å²) in [5.74, 6) is 1.94. The monoisotopic (exact) mass is 430 g/mol. The Bertz CT molecular complexity index is 712. The van der Waals surface area contributed by atoms with E-state index in [0.717, 1.165) is 36.3 Å². The van der Waals surface area contributed by atoms with E-state index in [1.807, 2.05) is 20.8 Å². The highest BCUT2D eigenvalue weighted by molar-refractivity contribution is 5.39. The molecule has 176 valence electrons. The van der Waals surface area contributed by atoms with Crippen LogP contribution in [0.4, 0.5) is 0 Å². The molecule has 0 aliphatic heterocycles. The SMILES string of the molecule is C=C1/C(=C\C=C2CCC[C@@]3(C)C2CC[C@@H]3[C@@H](C)CCCC(C)(C)O)C[C@H](O)[C@@H](C)[C@@H]1O. The van der Waals surface area contributed by atoms with Crippen LogP contribution in [0.2, 0.25) is 0 Å². The van der Waals surface area contributed by atoms with Crippen molar-refractivity contribution in [3.8, 4) is 0 Å². The second-order valence-corrected chi connectivity index (χ2v) is 11.8. The molecule has 0 aromatic rings. The molecule has 0 aromatic heterocycles. The first kappa shape index (κ1) is 24.7. The van der Waals surface area contributed by atoms with Crippen molar-refractivity contribution in [3.63, 3.8) is 0 Å². The van der Waals surface area contributed by atoms with Crippen molar-refractivity contribution in [2.45, 2.75) is 110 Å². The van der Waals surface area contributed by atoms with Crippen LogP contribution in [0.1, 0.15) is 92.4 Å². The topological polar surface area (TPSA) is 60.7 Å². The van der Waals surface area contributed by atoms with Gasteiger partial charge in [0, 0.05) is 5.92 Å². The zero-order valence-corrected chi connectivity index (χ0v) is 20.5. The summed E-state index contributed by atoms with van der Waals surface area (Å²) in [7, 11) is 0. The molecule has 0 aromatic carbocycles. The predicted octanol–water partition coefficient (Wildman–Crippen LogP) is 5.95. The maximum Gasteiger partial charge on any atom is 0.0837 e. The Balaban J connectivity index is 1.71. The molecule has 0 spiro atoms. The van der Waals surface area contributed by atoms with Crippen LogP contribution >= 0.6 is 0 Å². The molecule has 3 rings (SSSR count). The number of fused-ring (bicyclic) bond motifs is 1. The van der Waals surface area contributed by atoms with E-state index in [0.29, 0.717) is 23.7 Å². The van der Waals surface area contributed by atoms with Crippen molar-refractivity contribution in [2.24, 2.45) is 29.1 Å². The molecular formula is C28H46O3. The second kappa shape index (κ2) is 9.53. The molecule has 3 saturated carbocycles. The first-order valence-electron chi connectivity index (χ1n) is 12.6. The molecule has 0 radical (unpaired) electrons. The van der Waals surface area contributed by atoms with Crippen molar-refractivity contribution in [1.29, 1.82) is 0 Å². The second-order valence-electron chi connectivity index (χ2n) is 11.8. The summed E-state index contributed by atoms with van der Waals surface area (Å²) in [5, 5.41) is 30.7. The van der Waals surface area contributed by atoms with Crippen molar-refractivity contribution in [3.05, 3.63) is 35.5 Å². The molecule has 0 amide bonds. The minimum Gasteiger partial charge on any atom is -0.392 e. The van der Waals surface area contributed by atoms with Crippen molar-refractivity contribution in [1.82, 2.24) is 0 Å². The lowest BCUT2D eigenvalue weighted by Crippen LogP contribution is -2.36. The molecule has 3 nitrogen and oxygen atoms in total. The third-order valence-corrected chi connectivity index (χ3v) is 8.97. The first-order chi connectivity index (χ1) is 14.4. The number of aliphatic hydroxyl groups excluding tert-OH is 2. The lowest BCUT2D eigenvalue weighted by atomic mass is 9.60. The van der Waals surface area contributed by atoms with Gasteiger partial charge in [0.15, 0.2) is 0 Å². The molecule has 3 N–H and O–H groups in total. The van der Waals surface area contributed by atoms with E-state index in [9.17, 15) is 15.3 Å². The van der Waals surface area contributed by atoms with Crippen molar-refractivity contribution < 1.29 is 15.3 Å². The van der Waals surface area contributed by atoms with Crippen LogP contribution in [-0.4, -0.2) is 33.1 Å². The smallest absolute Gasteiger partial charge is 0.0837 e. The Kier molecular flexibility index (Phi) is 7.61.